The van der Waals surface area contributed by atoms with Crippen molar-refractivity contribution < 1.29 is 9.18 Å². The quantitative estimate of drug-likeness (QED) is 0.807. The normalized spacial score (nSPS) is 11.6. The Morgan fingerprint density at radius 3 is 2.81 bits per heavy atom. The Hall–Kier alpha value is -1.93. The summed E-state index contributed by atoms with van der Waals surface area (Å²) in [7, 11) is 1.64. The maximum absolute atomic E-state index is 13.2. The molecule has 0 saturated heterocycles. The summed E-state index contributed by atoms with van der Waals surface area (Å²) in [6, 6.07) is 5.41. The lowest BCUT2D eigenvalue weighted by molar-refractivity contribution is -0.117. The van der Waals surface area contributed by atoms with Crippen LogP contribution in [0.1, 0.15) is 12.5 Å². The number of likely N-dealkylation sites (N-methyl/N-ethyl adjacent to an activating group) is 1. The predicted octanol–water partition coefficient (Wildman–Crippen LogP) is 1.24. The van der Waals surface area contributed by atoms with Gasteiger partial charge in [0.05, 0.1) is 11.7 Å². The molecule has 0 aliphatic carbocycles. The fraction of sp³-hybridized carbons (Fsp3) is 0.273. The Labute approximate surface area is 93.1 Å². The Balaban J connectivity index is 2.94. The molecule has 0 aliphatic heterocycles. The van der Waals surface area contributed by atoms with Gasteiger partial charge < -0.3 is 10.6 Å². The number of anilines is 1. The van der Waals surface area contributed by atoms with Crippen LogP contribution in [-0.4, -0.2) is 19.0 Å². The fourth-order valence-electron chi connectivity index (χ4n) is 1.11. The molecular formula is C11H12FN3O. The molecule has 1 atom stereocenters. The van der Waals surface area contributed by atoms with E-state index in [2.05, 4.69) is 10.6 Å². The van der Waals surface area contributed by atoms with E-state index in [9.17, 15) is 9.18 Å². The van der Waals surface area contributed by atoms with Crippen molar-refractivity contribution in [3.63, 3.8) is 0 Å². The van der Waals surface area contributed by atoms with Crippen LogP contribution in [0, 0.1) is 17.1 Å². The van der Waals surface area contributed by atoms with Gasteiger partial charge in [0, 0.05) is 0 Å². The Bertz CT molecular complexity index is 439. The Morgan fingerprint density at radius 1 is 1.56 bits per heavy atom. The van der Waals surface area contributed by atoms with E-state index in [1.54, 1.807) is 20.0 Å². The third kappa shape index (κ3) is 2.55. The minimum absolute atomic E-state index is 0.154. The van der Waals surface area contributed by atoms with Crippen molar-refractivity contribution in [1.82, 2.24) is 5.32 Å². The zero-order chi connectivity index (χ0) is 12.1. The average Bonchev–Trinajstić information content (AvgIpc) is 2.28. The van der Waals surface area contributed by atoms with E-state index >= 15 is 0 Å². The van der Waals surface area contributed by atoms with E-state index in [0.717, 1.165) is 0 Å². The third-order valence-corrected chi connectivity index (χ3v) is 2.21. The minimum atomic E-state index is -0.641. The Kier molecular flexibility index (Phi) is 3.97. The first-order valence-electron chi connectivity index (χ1n) is 4.77. The number of nitrogens with zero attached hydrogens (tertiary/aromatic N) is 1. The molecule has 1 unspecified atom stereocenters. The van der Waals surface area contributed by atoms with Gasteiger partial charge in [0.15, 0.2) is 0 Å². The summed E-state index contributed by atoms with van der Waals surface area (Å²) >= 11 is 0. The van der Waals surface area contributed by atoms with Gasteiger partial charge in [-0.05, 0) is 26.1 Å². The number of carbonyl (C=O) groups excluding carboxylic acids is 1. The summed E-state index contributed by atoms with van der Waals surface area (Å²) in [5.74, 6) is -0.956. The van der Waals surface area contributed by atoms with Gasteiger partial charge in [-0.1, -0.05) is 6.07 Å². The molecule has 84 valence electrons. The van der Waals surface area contributed by atoms with Gasteiger partial charge >= 0.3 is 0 Å². The minimum Gasteiger partial charge on any atom is -0.323 e. The number of halogens is 1. The summed E-state index contributed by atoms with van der Waals surface area (Å²) in [6.45, 7) is 1.67. The molecule has 0 aliphatic rings. The third-order valence-electron chi connectivity index (χ3n) is 2.21. The van der Waals surface area contributed by atoms with Gasteiger partial charge in [0.1, 0.15) is 17.4 Å². The lowest BCUT2D eigenvalue weighted by atomic mass is 10.1. The highest BCUT2D eigenvalue weighted by atomic mass is 19.1. The van der Waals surface area contributed by atoms with Crippen molar-refractivity contribution in [2.24, 2.45) is 0 Å². The van der Waals surface area contributed by atoms with E-state index < -0.39 is 11.9 Å². The fourth-order valence-corrected chi connectivity index (χ4v) is 1.11. The highest BCUT2D eigenvalue weighted by molar-refractivity contribution is 5.95. The number of carbonyl (C=O) groups is 1. The van der Waals surface area contributed by atoms with Gasteiger partial charge in [-0.2, -0.15) is 5.26 Å². The maximum Gasteiger partial charge on any atom is 0.241 e. The molecule has 16 heavy (non-hydrogen) atoms. The van der Waals surface area contributed by atoms with E-state index in [-0.39, 0.29) is 17.2 Å². The molecule has 1 aromatic carbocycles. The highest BCUT2D eigenvalue weighted by Crippen LogP contribution is 2.17. The van der Waals surface area contributed by atoms with E-state index in [0.29, 0.717) is 0 Å². The second kappa shape index (κ2) is 5.24. The van der Waals surface area contributed by atoms with Crippen molar-refractivity contribution in [3.8, 4) is 6.07 Å². The molecule has 0 saturated carbocycles. The van der Waals surface area contributed by atoms with Crippen LogP contribution in [0.3, 0.4) is 0 Å². The summed E-state index contributed by atoms with van der Waals surface area (Å²) in [5, 5.41) is 14.0. The molecule has 0 aromatic heterocycles. The molecule has 2 N–H and O–H groups in total. The van der Waals surface area contributed by atoms with Crippen LogP contribution in [0.25, 0.3) is 0 Å². The monoisotopic (exact) mass is 221 g/mol. The topological polar surface area (TPSA) is 64.9 Å². The van der Waals surface area contributed by atoms with E-state index in [1.807, 2.05) is 0 Å². The zero-order valence-corrected chi connectivity index (χ0v) is 9.04. The van der Waals surface area contributed by atoms with Crippen LogP contribution in [0.4, 0.5) is 10.1 Å². The molecule has 4 nitrogen and oxygen atoms in total. The van der Waals surface area contributed by atoms with Crippen molar-refractivity contribution in [2.45, 2.75) is 13.0 Å². The smallest absolute Gasteiger partial charge is 0.241 e. The predicted molar refractivity (Wildman–Crippen MR) is 58.3 cm³/mol. The van der Waals surface area contributed by atoms with Gasteiger partial charge in [0.2, 0.25) is 5.91 Å². The molecule has 0 fully saturated rings. The first kappa shape index (κ1) is 12.1. The van der Waals surface area contributed by atoms with Gasteiger partial charge in [-0.3, -0.25) is 4.79 Å². The van der Waals surface area contributed by atoms with E-state index in [4.69, 9.17) is 5.26 Å². The lowest BCUT2D eigenvalue weighted by Gasteiger charge is -2.12. The summed E-state index contributed by atoms with van der Waals surface area (Å²) in [6.07, 6.45) is 0. The lowest BCUT2D eigenvalue weighted by Crippen LogP contribution is -2.35. The van der Waals surface area contributed by atoms with Crippen LogP contribution in [0.5, 0.6) is 0 Å². The number of hydrogen-bond acceptors (Lipinski definition) is 3. The summed E-state index contributed by atoms with van der Waals surface area (Å²) < 4.78 is 13.2. The van der Waals surface area contributed by atoms with Crippen LogP contribution in [-0.2, 0) is 4.79 Å². The molecule has 0 spiro atoms. The van der Waals surface area contributed by atoms with Crippen molar-refractivity contribution in [2.75, 3.05) is 12.4 Å². The zero-order valence-electron chi connectivity index (χ0n) is 9.04. The van der Waals surface area contributed by atoms with Crippen molar-refractivity contribution in [3.05, 3.63) is 29.6 Å². The number of hydrogen-bond donors (Lipinski definition) is 2. The van der Waals surface area contributed by atoms with Crippen LogP contribution >= 0.6 is 0 Å². The molecule has 1 aromatic rings. The largest absolute Gasteiger partial charge is 0.323 e. The van der Waals surface area contributed by atoms with Gasteiger partial charge in [-0.15, -0.1) is 0 Å². The second-order valence-corrected chi connectivity index (χ2v) is 3.27. The number of benzene rings is 1. The maximum atomic E-state index is 13.2. The molecule has 1 amide bonds. The van der Waals surface area contributed by atoms with Crippen LogP contribution < -0.4 is 10.6 Å². The number of nitriles is 1. The van der Waals surface area contributed by atoms with Crippen molar-refractivity contribution in [1.29, 1.82) is 5.26 Å². The molecular weight excluding hydrogens is 209 g/mol. The summed E-state index contributed by atoms with van der Waals surface area (Å²) in [4.78, 5) is 11.5. The standard InChI is InChI=1S/C11H12FN3O/c1-7(14-2)11(16)15-10-5-3-4-9(12)8(10)6-13/h3-5,7,14H,1-2H3,(H,15,16). The first-order chi connectivity index (χ1) is 7.60. The highest BCUT2D eigenvalue weighted by Gasteiger charge is 2.14. The van der Waals surface area contributed by atoms with Gasteiger partial charge in [0.25, 0.3) is 0 Å². The number of rotatable bonds is 3. The van der Waals surface area contributed by atoms with Crippen molar-refractivity contribution >= 4 is 11.6 Å². The molecule has 0 radical (unpaired) electrons. The molecule has 0 heterocycles. The second-order valence-electron chi connectivity index (χ2n) is 3.27. The van der Waals surface area contributed by atoms with Crippen LogP contribution in [0.2, 0.25) is 0 Å². The molecule has 0 bridgehead atoms. The number of nitrogens with one attached hydrogen (secondary N) is 2. The molecule has 5 heteroatoms. The Morgan fingerprint density at radius 2 is 2.25 bits per heavy atom. The van der Waals surface area contributed by atoms with Gasteiger partial charge in [-0.25, -0.2) is 4.39 Å². The van der Waals surface area contributed by atoms with E-state index in [1.165, 1.54) is 18.2 Å². The molecule has 1 rings (SSSR count). The van der Waals surface area contributed by atoms with Crippen LogP contribution in [0.15, 0.2) is 18.2 Å². The average molecular weight is 221 g/mol. The first-order valence-corrected chi connectivity index (χ1v) is 4.77. The number of amides is 1. The summed E-state index contributed by atoms with van der Waals surface area (Å²) in [5.41, 5.74) is 0.0359. The SMILES string of the molecule is CNC(C)C(=O)Nc1cccc(F)c1C#N.